The summed E-state index contributed by atoms with van der Waals surface area (Å²) >= 11 is 0. The number of hydrogen-bond acceptors (Lipinski definition) is 4. The molecule has 0 radical (unpaired) electrons. The van der Waals surface area contributed by atoms with Gasteiger partial charge < -0.3 is 16.2 Å². The zero-order chi connectivity index (χ0) is 17.0. The summed E-state index contributed by atoms with van der Waals surface area (Å²) in [6, 6.07) is 4.81. The summed E-state index contributed by atoms with van der Waals surface area (Å²) in [7, 11) is 0. The molecule has 0 spiro atoms. The predicted molar refractivity (Wildman–Crippen MR) is 82.8 cm³/mol. The van der Waals surface area contributed by atoms with Crippen molar-refractivity contribution in [1.82, 2.24) is 10.2 Å². The molecule has 1 aliphatic rings. The number of piperidine rings is 1. The molecule has 1 aromatic carbocycles. The number of halogens is 1. The predicted octanol–water partition coefficient (Wildman–Crippen LogP) is 0.0625. The summed E-state index contributed by atoms with van der Waals surface area (Å²) in [6.45, 7) is 2.62. The van der Waals surface area contributed by atoms with Gasteiger partial charge in [-0.1, -0.05) is 12.1 Å². The summed E-state index contributed by atoms with van der Waals surface area (Å²) in [6.07, 6.45) is 0.902. The highest BCUT2D eigenvalue weighted by atomic mass is 19.1. The molecule has 1 atom stereocenters. The fraction of sp³-hybridized carbons (Fsp3) is 0.500. The number of nitrogens with one attached hydrogen (secondary N) is 1. The number of carbonyl (C=O) groups is 2. The summed E-state index contributed by atoms with van der Waals surface area (Å²) in [5.41, 5.74) is 4.86. The third-order valence-electron chi connectivity index (χ3n) is 4.10. The van der Waals surface area contributed by atoms with E-state index in [2.05, 4.69) is 5.32 Å². The fourth-order valence-electron chi connectivity index (χ4n) is 2.67. The van der Waals surface area contributed by atoms with E-state index in [-0.39, 0.29) is 31.4 Å². The highest BCUT2D eigenvalue weighted by Gasteiger charge is 2.38. The van der Waals surface area contributed by atoms with Crippen LogP contribution in [0.1, 0.15) is 24.0 Å². The molecule has 1 heterocycles. The van der Waals surface area contributed by atoms with Crippen molar-refractivity contribution in [2.75, 3.05) is 19.6 Å². The van der Waals surface area contributed by atoms with Gasteiger partial charge in [0.2, 0.25) is 5.91 Å². The van der Waals surface area contributed by atoms with Gasteiger partial charge in [0.1, 0.15) is 5.82 Å². The number of primary amides is 1. The van der Waals surface area contributed by atoms with Crippen molar-refractivity contribution in [3.8, 4) is 0 Å². The zero-order valence-corrected chi connectivity index (χ0v) is 13.1. The number of benzene rings is 1. The number of aryl methyl sites for hydroxylation is 1. The molecule has 0 saturated carbocycles. The van der Waals surface area contributed by atoms with E-state index in [4.69, 9.17) is 5.73 Å². The summed E-state index contributed by atoms with van der Waals surface area (Å²) in [4.78, 5) is 25.0. The van der Waals surface area contributed by atoms with Gasteiger partial charge in [0, 0.05) is 13.1 Å². The smallest absolute Gasteiger partial charge is 0.250 e. The van der Waals surface area contributed by atoms with Crippen LogP contribution in [0.5, 0.6) is 0 Å². The first-order valence-electron chi connectivity index (χ1n) is 7.56. The number of likely N-dealkylation sites (tertiary alicyclic amines) is 1. The molecule has 4 N–H and O–H groups in total. The van der Waals surface area contributed by atoms with Crippen molar-refractivity contribution >= 4 is 11.8 Å². The highest BCUT2D eigenvalue weighted by molar-refractivity contribution is 5.84. The Labute approximate surface area is 134 Å². The molecular weight excluding hydrogens is 301 g/mol. The van der Waals surface area contributed by atoms with Gasteiger partial charge in [0.15, 0.2) is 5.60 Å². The van der Waals surface area contributed by atoms with Gasteiger partial charge in [-0.15, -0.1) is 0 Å². The molecule has 2 rings (SSSR count). The quantitative estimate of drug-likeness (QED) is 0.714. The molecule has 0 bridgehead atoms. The summed E-state index contributed by atoms with van der Waals surface area (Å²) in [5.74, 6) is -1.32. The van der Waals surface area contributed by atoms with E-state index < -0.39 is 11.5 Å². The second-order valence-electron chi connectivity index (χ2n) is 6.07. The van der Waals surface area contributed by atoms with E-state index in [1.165, 1.54) is 6.07 Å². The maximum absolute atomic E-state index is 13.4. The lowest BCUT2D eigenvalue weighted by molar-refractivity contribution is -0.143. The second kappa shape index (κ2) is 7.06. The van der Waals surface area contributed by atoms with Crippen LogP contribution in [0.15, 0.2) is 18.2 Å². The van der Waals surface area contributed by atoms with Crippen LogP contribution in [0, 0.1) is 12.7 Å². The lowest BCUT2D eigenvalue weighted by Gasteiger charge is -2.36. The zero-order valence-electron chi connectivity index (χ0n) is 13.1. The number of amides is 2. The molecule has 1 aromatic rings. The van der Waals surface area contributed by atoms with Crippen molar-refractivity contribution in [3.05, 3.63) is 35.1 Å². The SMILES string of the molecule is Cc1ccc(CNC(=O)CN2CCC[C@](O)(C(N)=O)C2)cc1F. The molecular formula is C16H22FN3O3. The second-order valence-corrected chi connectivity index (χ2v) is 6.07. The fourth-order valence-corrected chi connectivity index (χ4v) is 2.67. The third kappa shape index (κ3) is 4.49. The topological polar surface area (TPSA) is 95.7 Å². The number of β-amino-alcohol motifs (C(OH)–C–C–N with tert-alkyl or cyclic N) is 1. The van der Waals surface area contributed by atoms with Crippen LogP contribution >= 0.6 is 0 Å². The van der Waals surface area contributed by atoms with Gasteiger partial charge >= 0.3 is 0 Å². The minimum absolute atomic E-state index is 0.0505. The van der Waals surface area contributed by atoms with E-state index in [1.54, 1.807) is 24.0 Å². The lowest BCUT2D eigenvalue weighted by atomic mass is 9.92. The first-order valence-corrected chi connectivity index (χ1v) is 7.56. The highest BCUT2D eigenvalue weighted by Crippen LogP contribution is 2.20. The number of nitrogens with zero attached hydrogens (tertiary/aromatic N) is 1. The number of nitrogens with two attached hydrogens (primary N) is 1. The number of hydrogen-bond donors (Lipinski definition) is 3. The van der Waals surface area contributed by atoms with Gasteiger partial charge in [-0.2, -0.15) is 0 Å². The molecule has 1 saturated heterocycles. The molecule has 23 heavy (non-hydrogen) atoms. The standard InChI is InChI=1S/C16H22FN3O3/c1-11-3-4-12(7-13(11)17)8-19-14(21)9-20-6-2-5-16(23,10-20)15(18)22/h3-4,7,23H,2,5-6,8-10H2,1H3,(H2,18,22)(H,19,21)/t16-/m1/s1. The molecule has 1 fully saturated rings. The lowest BCUT2D eigenvalue weighted by Crippen LogP contribution is -2.57. The number of carbonyl (C=O) groups excluding carboxylic acids is 2. The first-order chi connectivity index (χ1) is 10.8. The van der Waals surface area contributed by atoms with E-state index >= 15 is 0 Å². The largest absolute Gasteiger partial charge is 0.379 e. The average Bonchev–Trinajstić information content (AvgIpc) is 2.48. The van der Waals surface area contributed by atoms with Crippen molar-refractivity contribution in [1.29, 1.82) is 0 Å². The number of rotatable bonds is 5. The molecule has 126 valence electrons. The van der Waals surface area contributed by atoms with Crippen molar-refractivity contribution < 1.29 is 19.1 Å². The van der Waals surface area contributed by atoms with Crippen LogP contribution in [0.25, 0.3) is 0 Å². The molecule has 6 nitrogen and oxygen atoms in total. The maximum Gasteiger partial charge on any atom is 0.250 e. The molecule has 1 aliphatic heterocycles. The van der Waals surface area contributed by atoms with Crippen LogP contribution in [0.3, 0.4) is 0 Å². The maximum atomic E-state index is 13.4. The van der Waals surface area contributed by atoms with E-state index in [1.807, 2.05) is 0 Å². The minimum atomic E-state index is -1.57. The Morgan fingerprint density at radius 3 is 2.87 bits per heavy atom. The van der Waals surface area contributed by atoms with Crippen LogP contribution in [-0.2, 0) is 16.1 Å². The Morgan fingerprint density at radius 1 is 1.48 bits per heavy atom. The van der Waals surface area contributed by atoms with Gasteiger partial charge in [0.05, 0.1) is 6.54 Å². The summed E-state index contributed by atoms with van der Waals surface area (Å²) in [5, 5.41) is 12.8. The minimum Gasteiger partial charge on any atom is -0.379 e. The van der Waals surface area contributed by atoms with E-state index in [0.29, 0.717) is 30.5 Å². The van der Waals surface area contributed by atoms with E-state index in [0.717, 1.165) is 0 Å². The Morgan fingerprint density at radius 2 is 2.22 bits per heavy atom. The molecule has 0 unspecified atom stereocenters. The summed E-state index contributed by atoms with van der Waals surface area (Å²) < 4.78 is 13.4. The van der Waals surface area contributed by atoms with Crippen LogP contribution < -0.4 is 11.1 Å². The van der Waals surface area contributed by atoms with Gasteiger partial charge in [-0.25, -0.2) is 4.39 Å². The Balaban J connectivity index is 1.84. The van der Waals surface area contributed by atoms with Crippen LogP contribution in [0.2, 0.25) is 0 Å². The van der Waals surface area contributed by atoms with Gasteiger partial charge in [-0.3, -0.25) is 14.5 Å². The molecule has 7 heteroatoms. The number of aliphatic hydroxyl groups is 1. The molecule has 0 aliphatic carbocycles. The Hall–Kier alpha value is -1.99. The normalized spacial score (nSPS) is 21.9. The third-order valence-corrected chi connectivity index (χ3v) is 4.10. The van der Waals surface area contributed by atoms with Gasteiger partial charge in [0.25, 0.3) is 5.91 Å². The Kier molecular flexibility index (Phi) is 5.33. The molecule has 2 amide bonds. The van der Waals surface area contributed by atoms with Crippen LogP contribution in [0.4, 0.5) is 4.39 Å². The Bertz CT molecular complexity index is 608. The van der Waals surface area contributed by atoms with Crippen molar-refractivity contribution in [2.24, 2.45) is 5.73 Å². The van der Waals surface area contributed by atoms with E-state index in [9.17, 15) is 19.1 Å². The monoisotopic (exact) mass is 323 g/mol. The van der Waals surface area contributed by atoms with Crippen molar-refractivity contribution in [2.45, 2.75) is 31.9 Å². The average molecular weight is 323 g/mol. The first kappa shape index (κ1) is 17.4. The van der Waals surface area contributed by atoms with Gasteiger partial charge in [-0.05, 0) is 43.5 Å². The van der Waals surface area contributed by atoms with Crippen LogP contribution in [-0.4, -0.2) is 47.1 Å². The van der Waals surface area contributed by atoms with Crippen molar-refractivity contribution in [3.63, 3.8) is 0 Å². The molecule has 0 aromatic heterocycles.